The lowest BCUT2D eigenvalue weighted by Crippen LogP contribution is -2.32. The molecule has 1 aromatic rings. The second-order valence-electron chi connectivity index (χ2n) is 4.82. The summed E-state index contributed by atoms with van der Waals surface area (Å²) in [6.45, 7) is 4.41. The third kappa shape index (κ3) is 1.70. The Morgan fingerprint density at radius 3 is 2.39 bits per heavy atom. The van der Waals surface area contributed by atoms with Crippen LogP contribution in [-0.2, 0) is 17.1 Å². The Morgan fingerprint density at radius 2 is 1.89 bits per heavy atom. The van der Waals surface area contributed by atoms with Gasteiger partial charge in [-0.3, -0.25) is 0 Å². The van der Waals surface area contributed by atoms with E-state index >= 15 is 0 Å². The lowest BCUT2D eigenvalue weighted by molar-refractivity contribution is 0.471. The van der Waals surface area contributed by atoms with Crippen molar-refractivity contribution in [3.63, 3.8) is 0 Å². The van der Waals surface area contributed by atoms with Gasteiger partial charge >= 0.3 is 0 Å². The predicted octanol–water partition coefficient (Wildman–Crippen LogP) is -0.367. The third-order valence-electron chi connectivity index (χ3n) is 3.60. The van der Waals surface area contributed by atoms with Crippen LogP contribution in [0.3, 0.4) is 0 Å². The second kappa shape index (κ2) is 3.91. The summed E-state index contributed by atoms with van der Waals surface area (Å²) in [7, 11) is -1.65. The Bertz CT molecular complexity index is 594. The highest BCUT2D eigenvalue weighted by atomic mass is 32.2. The molecule has 2 aliphatic heterocycles. The van der Waals surface area contributed by atoms with E-state index in [1.165, 1.54) is 15.5 Å². The molecule has 0 aromatic carbocycles. The van der Waals surface area contributed by atoms with Gasteiger partial charge in [-0.1, -0.05) is 0 Å². The summed E-state index contributed by atoms with van der Waals surface area (Å²) >= 11 is 0. The first-order chi connectivity index (χ1) is 8.48. The van der Waals surface area contributed by atoms with Crippen LogP contribution in [0.25, 0.3) is 0 Å². The van der Waals surface area contributed by atoms with Gasteiger partial charge in [0.1, 0.15) is 5.82 Å². The summed E-state index contributed by atoms with van der Waals surface area (Å²) in [4.78, 5) is 4.12. The van der Waals surface area contributed by atoms with Crippen LogP contribution in [0, 0.1) is 6.92 Å². The van der Waals surface area contributed by atoms with E-state index in [2.05, 4.69) is 10.3 Å². The molecule has 0 radical (unpaired) electrons. The van der Waals surface area contributed by atoms with E-state index in [-0.39, 0.29) is 5.03 Å². The number of nitrogens with one attached hydrogen (secondary N) is 1. The fourth-order valence-electron chi connectivity index (χ4n) is 2.38. The monoisotopic (exact) mass is 268 g/mol. The normalized spacial score (nSPS) is 20.8. The number of imidazole rings is 1. The summed E-state index contributed by atoms with van der Waals surface area (Å²) in [6, 6.07) is 0. The van der Waals surface area contributed by atoms with Gasteiger partial charge in [0.15, 0.2) is 5.03 Å². The quantitative estimate of drug-likeness (QED) is 0.743. The summed E-state index contributed by atoms with van der Waals surface area (Å²) < 4.78 is 28.1. The second-order valence-corrected chi connectivity index (χ2v) is 6.71. The molecule has 6 nitrogen and oxygen atoms in total. The molecular formula is C11H16N4O2S. The lowest BCUT2D eigenvalue weighted by atomic mass is 10.2. The van der Waals surface area contributed by atoms with Gasteiger partial charge in [-0.2, -0.15) is 4.31 Å². The molecule has 0 saturated heterocycles. The Kier molecular flexibility index (Phi) is 2.58. The molecule has 2 aliphatic rings. The van der Waals surface area contributed by atoms with Gasteiger partial charge in [0, 0.05) is 39.4 Å². The van der Waals surface area contributed by atoms with E-state index in [1.807, 2.05) is 0 Å². The summed E-state index contributed by atoms with van der Waals surface area (Å²) in [5, 5.41) is 3.38. The third-order valence-corrected chi connectivity index (χ3v) is 5.27. The van der Waals surface area contributed by atoms with Gasteiger partial charge in [-0.15, -0.1) is 0 Å². The topological polar surface area (TPSA) is 67.2 Å². The number of hydrogen-bond acceptors (Lipinski definition) is 4. The molecule has 0 saturated carbocycles. The molecule has 98 valence electrons. The minimum atomic E-state index is -3.45. The van der Waals surface area contributed by atoms with Crippen molar-refractivity contribution in [3.8, 4) is 0 Å². The maximum Gasteiger partial charge on any atom is 0.262 e. The minimum absolute atomic E-state index is 0.150. The molecule has 0 bridgehead atoms. The zero-order valence-corrected chi connectivity index (χ0v) is 11.3. The van der Waals surface area contributed by atoms with E-state index in [0.717, 1.165) is 13.1 Å². The van der Waals surface area contributed by atoms with Crippen molar-refractivity contribution >= 4 is 10.0 Å². The zero-order valence-electron chi connectivity index (χ0n) is 10.5. The van der Waals surface area contributed by atoms with Crippen LogP contribution < -0.4 is 5.32 Å². The van der Waals surface area contributed by atoms with Crippen LogP contribution in [0.1, 0.15) is 5.82 Å². The number of hydrogen-bond donors (Lipinski definition) is 1. The number of aromatic nitrogens is 2. The van der Waals surface area contributed by atoms with Crippen LogP contribution in [-0.4, -0.2) is 48.5 Å². The standard InChI is InChI=1S/C11H16N4O2S/c1-8-13-11(7-14(8)2)18(16,17)15-5-9-3-12-4-10(9)6-15/h7,12H,3-6H2,1-2H3. The first-order valence-electron chi connectivity index (χ1n) is 5.89. The molecule has 0 atom stereocenters. The Labute approximate surface area is 106 Å². The number of sulfonamides is 1. The first kappa shape index (κ1) is 11.9. The van der Waals surface area contributed by atoms with Gasteiger partial charge in [0.2, 0.25) is 0 Å². The van der Waals surface area contributed by atoms with Gasteiger partial charge in [-0.05, 0) is 18.1 Å². The lowest BCUT2D eigenvalue weighted by Gasteiger charge is -2.16. The van der Waals surface area contributed by atoms with Crippen molar-refractivity contribution in [2.45, 2.75) is 11.9 Å². The van der Waals surface area contributed by atoms with Crippen molar-refractivity contribution < 1.29 is 8.42 Å². The van der Waals surface area contributed by atoms with Crippen LogP contribution in [0.4, 0.5) is 0 Å². The summed E-state index contributed by atoms with van der Waals surface area (Å²) in [5.74, 6) is 0.704. The number of nitrogens with zero attached hydrogens (tertiary/aromatic N) is 3. The minimum Gasteiger partial charge on any atom is -0.337 e. The maximum absolute atomic E-state index is 12.4. The SMILES string of the molecule is Cc1nc(S(=O)(=O)N2CC3=C(CNC3)C2)cn1C. The Hall–Kier alpha value is -1.18. The highest BCUT2D eigenvalue weighted by Gasteiger charge is 2.35. The van der Waals surface area contributed by atoms with Gasteiger partial charge in [0.25, 0.3) is 10.0 Å². The fourth-order valence-corrected chi connectivity index (χ4v) is 3.84. The molecule has 3 rings (SSSR count). The van der Waals surface area contributed by atoms with Crippen molar-refractivity contribution in [1.29, 1.82) is 0 Å². The van der Waals surface area contributed by atoms with Crippen molar-refractivity contribution in [3.05, 3.63) is 23.2 Å². The van der Waals surface area contributed by atoms with Gasteiger partial charge < -0.3 is 9.88 Å². The van der Waals surface area contributed by atoms with Gasteiger partial charge in [0.05, 0.1) is 0 Å². The molecule has 0 unspecified atom stereocenters. The van der Waals surface area contributed by atoms with E-state index in [4.69, 9.17) is 0 Å². The molecule has 1 N–H and O–H groups in total. The van der Waals surface area contributed by atoms with Crippen LogP contribution in [0.2, 0.25) is 0 Å². The molecule has 0 spiro atoms. The molecule has 0 amide bonds. The number of aryl methyl sites for hydroxylation is 2. The van der Waals surface area contributed by atoms with E-state index in [1.54, 1.807) is 24.7 Å². The van der Waals surface area contributed by atoms with Crippen LogP contribution in [0.5, 0.6) is 0 Å². The number of rotatable bonds is 2. The van der Waals surface area contributed by atoms with Gasteiger partial charge in [-0.25, -0.2) is 13.4 Å². The van der Waals surface area contributed by atoms with E-state index < -0.39 is 10.0 Å². The molecule has 7 heteroatoms. The summed E-state index contributed by atoms with van der Waals surface area (Å²) in [6.07, 6.45) is 1.58. The Balaban J connectivity index is 1.88. The molecule has 18 heavy (non-hydrogen) atoms. The zero-order chi connectivity index (χ0) is 12.9. The van der Waals surface area contributed by atoms with E-state index in [0.29, 0.717) is 18.9 Å². The van der Waals surface area contributed by atoms with Crippen molar-refractivity contribution in [2.24, 2.45) is 7.05 Å². The van der Waals surface area contributed by atoms with Crippen LogP contribution in [0.15, 0.2) is 22.4 Å². The summed E-state index contributed by atoms with van der Waals surface area (Å²) in [5.41, 5.74) is 2.43. The average Bonchev–Trinajstić information content (AvgIpc) is 2.93. The maximum atomic E-state index is 12.4. The van der Waals surface area contributed by atoms with E-state index in [9.17, 15) is 8.42 Å². The largest absolute Gasteiger partial charge is 0.337 e. The Morgan fingerprint density at radius 1 is 1.28 bits per heavy atom. The predicted molar refractivity (Wildman–Crippen MR) is 66.6 cm³/mol. The molecule has 3 heterocycles. The molecular weight excluding hydrogens is 252 g/mol. The first-order valence-corrected chi connectivity index (χ1v) is 7.33. The molecule has 0 aliphatic carbocycles. The highest BCUT2D eigenvalue weighted by molar-refractivity contribution is 7.89. The molecule has 1 aromatic heterocycles. The smallest absolute Gasteiger partial charge is 0.262 e. The fraction of sp³-hybridized carbons (Fsp3) is 0.545. The van der Waals surface area contributed by atoms with Crippen LogP contribution >= 0.6 is 0 Å². The molecule has 0 fully saturated rings. The van der Waals surface area contributed by atoms with Crippen molar-refractivity contribution in [2.75, 3.05) is 26.2 Å². The highest BCUT2D eigenvalue weighted by Crippen LogP contribution is 2.26. The average molecular weight is 268 g/mol. The van der Waals surface area contributed by atoms with Crippen molar-refractivity contribution in [1.82, 2.24) is 19.2 Å².